The van der Waals surface area contributed by atoms with Gasteiger partial charge in [0.15, 0.2) is 0 Å². The summed E-state index contributed by atoms with van der Waals surface area (Å²) in [6.45, 7) is 0.581. The van der Waals surface area contributed by atoms with Crippen LogP contribution >= 0.6 is 43.2 Å². The van der Waals surface area contributed by atoms with Crippen LogP contribution in [-0.2, 0) is 6.54 Å². The Morgan fingerprint density at radius 1 is 1.50 bits per heavy atom. The first-order valence-corrected chi connectivity index (χ1v) is 7.63. The number of carbonyl (C=O) groups excluding carboxylic acids is 1. The van der Waals surface area contributed by atoms with Crippen LogP contribution in [0.3, 0.4) is 0 Å². The lowest BCUT2D eigenvalue weighted by Gasteiger charge is -2.16. The summed E-state index contributed by atoms with van der Waals surface area (Å²) >= 11 is 8.36. The maximum Gasteiger partial charge on any atom is 0.273 e. The molecule has 0 saturated carbocycles. The molecule has 0 spiro atoms. The number of halogens is 2. The Morgan fingerprint density at radius 2 is 2.28 bits per heavy atom. The van der Waals surface area contributed by atoms with Crippen molar-refractivity contribution in [1.82, 2.24) is 9.88 Å². The van der Waals surface area contributed by atoms with Gasteiger partial charge in [0.1, 0.15) is 5.69 Å². The summed E-state index contributed by atoms with van der Waals surface area (Å²) in [5.41, 5.74) is 0.440. The van der Waals surface area contributed by atoms with Gasteiger partial charge in [0.2, 0.25) is 0 Å². The molecule has 1 amide bonds. The smallest absolute Gasteiger partial charge is 0.273 e. The second-order valence-corrected chi connectivity index (χ2v) is 6.49. The minimum Gasteiger partial charge on any atom is -0.335 e. The fourth-order valence-electron chi connectivity index (χ4n) is 1.47. The first-order valence-electron chi connectivity index (χ1n) is 5.17. The van der Waals surface area contributed by atoms with Crippen molar-refractivity contribution < 1.29 is 4.79 Å². The SMILES string of the molecule is CN(Cc1cc(Br)cs1)C(=O)c1ncccc1Br. The summed E-state index contributed by atoms with van der Waals surface area (Å²) in [4.78, 5) is 19.1. The number of hydrogen-bond donors (Lipinski definition) is 0. The number of carbonyl (C=O) groups is 1. The Kier molecular flexibility index (Phi) is 4.53. The molecule has 2 rings (SSSR count). The number of aromatic nitrogens is 1. The number of hydrogen-bond acceptors (Lipinski definition) is 3. The summed E-state index contributed by atoms with van der Waals surface area (Å²) in [7, 11) is 1.77. The molecule has 0 unspecified atom stereocenters. The molecule has 0 aliphatic rings. The Morgan fingerprint density at radius 3 is 2.89 bits per heavy atom. The van der Waals surface area contributed by atoms with E-state index in [0.29, 0.717) is 16.7 Å². The number of amides is 1. The van der Waals surface area contributed by atoms with Crippen LogP contribution in [0.5, 0.6) is 0 Å². The molecule has 0 aliphatic heterocycles. The Labute approximate surface area is 126 Å². The van der Waals surface area contributed by atoms with Crippen molar-refractivity contribution in [2.75, 3.05) is 7.05 Å². The lowest BCUT2D eigenvalue weighted by atomic mass is 10.3. The number of thiophene rings is 1. The molecule has 0 bridgehead atoms. The summed E-state index contributed by atoms with van der Waals surface area (Å²) in [5, 5.41) is 2.00. The van der Waals surface area contributed by atoms with E-state index in [-0.39, 0.29) is 5.91 Å². The molecule has 2 aromatic heterocycles. The molecular weight excluding hydrogens is 380 g/mol. The van der Waals surface area contributed by atoms with Crippen LogP contribution in [0.15, 0.2) is 38.7 Å². The van der Waals surface area contributed by atoms with E-state index in [0.717, 1.165) is 9.35 Å². The molecule has 2 heterocycles. The third kappa shape index (κ3) is 3.18. The predicted octanol–water partition coefficient (Wildman–Crippen LogP) is 3.94. The molecule has 0 fully saturated rings. The zero-order valence-corrected chi connectivity index (χ0v) is 13.5. The maximum atomic E-state index is 12.2. The van der Waals surface area contributed by atoms with Crippen LogP contribution in [0.2, 0.25) is 0 Å². The average molecular weight is 390 g/mol. The first kappa shape index (κ1) is 13.7. The van der Waals surface area contributed by atoms with Crippen molar-refractivity contribution in [2.24, 2.45) is 0 Å². The highest BCUT2D eigenvalue weighted by Crippen LogP contribution is 2.22. The highest BCUT2D eigenvalue weighted by molar-refractivity contribution is 9.10. The van der Waals surface area contributed by atoms with Gasteiger partial charge in [0, 0.05) is 32.4 Å². The standard InChI is InChI=1S/C12H10Br2N2OS/c1-16(6-9-5-8(13)7-18-9)12(17)11-10(14)3-2-4-15-11/h2-5,7H,6H2,1H3. The van der Waals surface area contributed by atoms with Crippen LogP contribution < -0.4 is 0 Å². The van der Waals surface area contributed by atoms with Gasteiger partial charge in [-0.05, 0) is 50.1 Å². The van der Waals surface area contributed by atoms with Crippen LogP contribution in [0, 0.1) is 0 Å². The van der Waals surface area contributed by atoms with Gasteiger partial charge in [0.25, 0.3) is 5.91 Å². The zero-order chi connectivity index (χ0) is 13.1. The molecule has 94 valence electrons. The fraction of sp³-hybridized carbons (Fsp3) is 0.167. The highest BCUT2D eigenvalue weighted by atomic mass is 79.9. The van der Waals surface area contributed by atoms with Gasteiger partial charge in [-0.15, -0.1) is 11.3 Å². The van der Waals surface area contributed by atoms with Crippen molar-refractivity contribution in [2.45, 2.75) is 6.54 Å². The van der Waals surface area contributed by atoms with E-state index in [1.54, 1.807) is 35.5 Å². The van der Waals surface area contributed by atoms with E-state index in [1.807, 2.05) is 17.5 Å². The third-order valence-electron chi connectivity index (χ3n) is 2.32. The molecule has 6 heteroatoms. The second kappa shape index (κ2) is 5.95. The number of pyridine rings is 1. The fourth-order valence-corrected chi connectivity index (χ4v) is 3.39. The molecule has 0 saturated heterocycles. The summed E-state index contributed by atoms with van der Waals surface area (Å²) in [5.74, 6) is -0.0907. The Hall–Kier alpha value is -0.720. The molecule has 0 aromatic carbocycles. The second-order valence-electron chi connectivity index (χ2n) is 3.73. The van der Waals surface area contributed by atoms with E-state index in [2.05, 4.69) is 36.8 Å². The van der Waals surface area contributed by atoms with E-state index in [9.17, 15) is 4.79 Å². The summed E-state index contributed by atoms with van der Waals surface area (Å²) in [6, 6.07) is 5.62. The molecular formula is C12H10Br2N2OS. The van der Waals surface area contributed by atoms with Crippen molar-refractivity contribution in [3.63, 3.8) is 0 Å². The van der Waals surface area contributed by atoms with Gasteiger partial charge < -0.3 is 4.90 Å². The van der Waals surface area contributed by atoms with Crippen LogP contribution in [0.25, 0.3) is 0 Å². The van der Waals surface area contributed by atoms with Gasteiger partial charge in [-0.2, -0.15) is 0 Å². The van der Waals surface area contributed by atoms with Crippen molar-refractivity contribution in [3.05, 3.63) is 49.3 Å². The van der Waals surface area contributed by atoms with Gasteiger partial charge in [0.05, 0.1) is 6.54 Å². The Balaban J connectivity index is 2.12. The largest absolute Gasteiger partial charge is 0.335 e. The summed E-state index contributed by atoms with van der Waals surface area (Å²) < 4.78 is 1.76. The molecule has 0 atom stereocenters. The van der Waals surface area contributed by atoms with Gasteiger partial charge in [-0.1, -0.05) is 0 Å². The predicted molar refractivity (Wildman–Crippen MR) is 79.8 cm³/mol. The van der Waals surface area contributed by atoms with Gasteiger partial charge in [-0.3, -0.25) is 4.79 Å². The van der Waals surface area contributed by atoms with Crippen molar-refractivity contribution in [3.8, 4) is 0 Å². The third-order valence-corrected chi connectivity index (χ3v) is 4.64. The van der Waals surface area contributed by atoms with Crippen LogP contribution in [-0.4, -0.2) is 22.8 Å². The maximum absolute atomic E-state index is 12.2. The lowest BCUT2D eigenvalue weighted by Crippen LogP contribution is -2.26. The van der Waals surface area contributed by atoms with Crippen LogP contribution in [0.1, 0.15) is 15.4 Å². The van der Waals surface area contributed by atoms with Gasteiger partial charge in [-0.25, -0.2) is 4.98 Å². The highest BCUT2D eigenvalue weighted by Gasteiger charge is 2.16. The van der Waals surface area contributed by atoms with Crippen molar-refractivity contribution in [1.29, 1.82) is 0 Å². The van der Waals surface area contributed by atoms with E-state index < -0.39 is 0 Å². The van der Waals surface area contributed by atoms with E-state index >= 15 is 0 Å². The van der Waals surface area contributed by atoms with Gasteiger partial charge >= 0.3 is 0 Å². The minimum absolute atomic E-state index is 0.0907. The quantitative estimate of drug-likeness (QED) is 0.796. The minimum atomic E-state index is -0.0907. The van der Waals surface area contributed by atoms with Crippen LogP contribution in [0.4, 0.5) is 0 Å². The lowest BCUT2D eigenvalue weighted by molar-refractivity contribution is 0.0779. The zero-order valence-electron chi connectivity index (χ0n) is 9.56. The molecule has 0 radical (unpaired) electrons. The number of nitrogens with zero attached hydrogens (tertiary/aromatic N) is 2. The first-order chi connectivity index (χ1) is 8.58. The summed E-state index contributed by atoms with van der Waals surface area (Å²) in [6.07, 6.45) is 1.62. The molecule has 18 heavy (non-hydrogen) atoms. The number of rotatable bonds is 3. The van der Waals surface area contributed by atoms with Crippen molar-refractivity contribution >= 4 is 49.1 Å². The van der Waals surface area contributed by atoms with E-state index in [4.69, 9.17) is 0 Å². The topological polar surface area (TPSA) is 33.2 Å². The monoisotopic (exact) mass is 388 g/mol. The van der Waals surface area contributed by atoms with E-state index in [1.165, 1.54) is 0 Å². The Bertz CT molecular complexity index is 571. The molecule has 3 nitrogen and oxygen atoms in total. The molecule has 0 aliphatic carbocycles. The normalized spacial score (nSPS) is 10.4. The average Bonchev–Trinajstić information content (AvgIpc) is 2.74. The molecule has 2 aromatic rings. The molecule has 0 N–H and O–H groups in total.